The van der Waals surface area contributed by atoms with Crippen LogP contribution in [-0.2, 0) is 4.79 Å². The lowest BCUT2D eigenvalue weighted by atomic mass is 10.3. The van der Waals surface area contributed by atoms with Gasteiger partial charge in [0.05, 0.1) is 6.04 Å². The molecule has 0 saturated carbocycles. The SMILES string of the molecule is CCNC(=O)[C@H](C)NC(=O)N[C@@H](C)COc1ccc(F)cc1. The standard InChI is InChI=1S/C15H22FN3O3/c1-4-17-14(20)11(3)19-15(21)18-10(2)9-22-13-7-5-12(16)6-8-13/h5-8,10-11H,4,9H2,1-3H3,(H,17,20)(H2,18,19,21)/t10-,11-/m0/s1. The lowest BCUT2D eigenvalue weighted by Crippen LogP contribution is -2.51. The van der Waals surface area contributed by atoms with Gasteiger partial charge in [-0.05, 0) is 45.0 Å². The number of nitrogens with one attached hydrogen (secondary N) is 3. The third-order valence-electron chi connectivity index (χ3n) is 2.78. The maximum Gasteiger partial charge on any atom is 0.315 e. The Morgan fingerprint density at radius 2 is 1.82 bits per heavy atom. The van der Waals surface area contributed by atoms with Crippen LogP contribution in [0.5, 0.6) is 5.75 Å². The summed E-state index contributed by atoms with van der Waals surface area (Å²) in [6.07, 6.45) is 0. The minimum absolute atomic E-state index is 0.231. The van der Waals surface area contributed by atoms with Gasteiger partial charge in [0, 0.05) is 6.54 Å². The first-order chi connectivity index (χ1) is 10.4. The molecule has 0 aromatic heterocycles. The van der Waals surface area contributed by atoms with Crippen LogP contribution in [-0.4, -0.2) is 37.2 Å². The van der Waals surface area contributed by atoms with Crippen LogP contribution >= 0.6 is 0 Å². The Labute approximate surface area is 129 Å². The average Bonchev–Trinajstić information content (AvgIpc) is 2.46. The number of amides is 3. The van der Waals surface area contributed by atoms with Gasteiger partial charge in [-0.25, -0.2) is 9.18 Å². The number of carbonyl (C=O) groups is 2. The number of ether oxygens (including phenoxy) is 1. The highest BCUT2D eigenvalue weighted by atomic mass is 19.1. The Hall–Kier alpha value is -2.31. The Morgan fingerprint density at radius 1 is 1.18 bits per heavy atom. The molecule has 3 amide bonds. The van der Waals surface area contributed by atoms with Crippen molar-refractivity contribution >= 4 is 11.9 Å². The van der Waals surface area contributed by atoms with Crippen molar-refractivity contribution in [2.75, 3.05) is 13.2 Å². The van der Waals surface area contributed by atoms with E-state index in [0.717, 1.165) is 0 Å². The summed E-state index contributed by atoms with van der Waals surface area (Å²) >= 11 is 0. The lowest BCUT2D eigenvalue weighted by molar-refractivity contribution is -0.122. The van der Waals surface area contributed by atoms with E-state index in [1.54, 1.807) is 20.8 Å². The molecular weight excluding hydrogens is 289 g/mol. The van der Waals surface area contributed by atoms with Gasteiger partial charge in [0.1, 0.15) is 24.2 Å². The molecule has 22 heavy (non-hydrogen) atoms. The minimum atomic E-state index is -0.620. The van der Waals surface area contributed by atoms with E-state index in [0.29, 0.717) is 12.3 Å². The normalized spacial score (nSPS) is 12.9. The van der Waals surface area contributed by atoms with Crippen molar-refractivity contribution in [3.05, 3.63) is 30.1 Å². The molecule has 7 heteroatoms. The zero-order valence-corrected chi connectivity index (χ0v) is 13.0. The Bertz CT molecular complexity index is 493. The molecule has 0 radical (unpaired) electrons. The average molecular weight is 311 g/mol. The van der Waals surface area contributed by atoms with Gasteiger partial charge in [0.2, 0.25) is 5.91 Å². The van der Waals surface area contributed by atoms with Gasteiger partial charge in [-0.1, -0.05) is 0 Å². The Balaban J connectivity index is 2.31. The van der Waals surface area contributed by atoms with Crippen molar-refractivity contribution in [2.24, 2.45) is 0 Å². The van der Waals surface area contributed by atoms with Gasteiger partial charge in [-0.2, -0.15) is 0 Å². The molecule has 1 aromatic carbocycles. The fraction of sp³-hybridized carbons (Fsp3) is 0.467. The molecule has 0 aliphatic rings. The molecule has 0 saturated heterocycles. The summed E-state index contributed by atoms with van der Waals surface area (Å²) in [5, 5.41) is 7.81. The summed E-state index contributed by atoms with van der Waals surface area (Å²) in [6.45, 7) is 5.91. The van der Waals surface area contributed by atoms with Crippen molar-refractivity contribution in [3.8, 4) is 5.75 Å². The highest BCUT2D eigenvalue weighted by Gasteiger charge is 2.15. The van der Waals surface area contributed by atoms with E-state index in [9.17, 15) is 14.0 Å². The van der Waals surface area contributed by atoms with Crippen LogP contribution in [0.25, 0.3) is 0 Å². The summed E-state index contributed by atoms with van der Waals surface area (Å²) < 4.78 is 18.2. The van der Waals surface area contributed by atoms with Gasteiger partial charge >= 0.3 is 6.03 Å². The monoisotopic (exact) mass is 311 g/mol. The summed E-state index contributed by atoms with van der Waals surface area (Å²) in [6, 6.07) is 4.28. The van der Waals surface area contributed by atoms with Crippen molar-refractivity contribution in [3.63, 3.8) is 0 Å². The Morgan fingerprint density at radius 3 is 2.41 bits per heavy atom. The van der Waals surface area contributed by atoms with E-state index in [4.69, 9.17) is 4.74 Å². The molecule has 6 nitrogen and oxygen atoms in total. The van der Waals surface area contributed by atoms with Gasteiger partial charge in [0.25, 0.3) is 0 Å². The number of carbonyl (C=O) groups excluding carboxylic acids is 2. The molecule has 0 aliphatic carbocycles. The van der Waals surface area contributed by atoms with Gasteiger partial charge in [-0.3, -0.25) is 4.79 Å². The first-order valence-corrected chi connectivity index (χ1v) is 7.15. The highest BCUT2D eigenvalue weighted by molar-refractivity contribution is 5.86. The molecule has 0 spiro atoms. The number of benzene rings is 1. The molecule has 0 unspecified atom stereocenters. The number of hydrogen-bond donors (Lipinski definition) is 3. The first kappa shape index (κ1) is 17.7. The van der Waals surface area contributed by atoms with Gasteiger partial charge in [-0.15, -0.1) is 0 Å². The number of halogens is 1. The minimum Gasteiger partial charge on any atom is -0.491 e. The number of hydrogen-bond acceptors (Lipinski definition) is 3. The van der Waals surface area contributed by atoms with E-state index in [2.05, 4.69) is 16.0 Å². The van der Waals surface area contributed by atoms with E-state index in [-0.39, 0.29) is 24.4 Å². The molecule has 2 atom stereocenters. The van der Waals surface area contributed by atoms with Crippen LogP contribution < -0.4 is 20.7 Å². The summed E-state index contributed by atoms with van der Waals surface area (Å²) in [5.74, 6) is -0.0590. The molecule has 3 N–H and O–H groups in total. The maximum atomic E-state index is 12.7. The van der Waals surface area contributed by atoms with Crippen LogP contribution in [0.3, 0.4) is 0 Å². The molecule has 1 aromatic rings. The number of likely N-dealkylation sites (N-methyl/N-ethyl adjacent to an activating group) is 1. The van der Waals surface area contributed by atoms with Crippen LogP contribution in [0.1, 0.15) is 20.8 Å². The zero-order chi connectivity index (χ0) is 16.5. The Kier molecular flexibility index (Phi) is 7.15. The first-order valence-electron chi connectivity index (χ1n) is 7.15. The van der Waals surface area contributed by atoms with Crippen LogP contribution in [0.4, 0.5) is 9.18 Å². The number of rotatable bonds is 7. The van der Waals surface area contributed by atoms with E-state index < -0.39 is 12.1 Å². The summed E-state index contributed by atoms with van der Waals surface area (Å²) in [4.78, 5) is 23.2. The van der Waals surface area contributed by atoms with Crippen LogP contribution in [0.15, 0.2) is 24.3 Å². The topological polar surface area (TPSA) is 79.5 Å². The van der Waals surface area contributed by atoms with Gasteiger partial charge in [0.15, 0.2) is 0 Å². The summed E-state index contributed by atoms with van der Waals surface area (Å²) in [5.41, 5.74) is 0. The fourth-order valence-corrected chi connectivity index (χ4v) is 1.65. The lowest BCUT2D eigenvalue weighted by Gasteiger charge is -2.18. The van der Waals surface area contributed by atoms with E-state index >= 15 is 0 Å². The second-order valence-electron chi connectivity index (χ2n) is 4.90. The molecule has 0 fully saturated rings. The third kappa shape index (κ3) is 6.43. The van der Waals surface area contributed by atoms with Gasteiger partial charge < -0.3 is 20.7 Å². The fourth-order valence-electron chi connectivity index (χ4n) is 1.65. The van der Waals surface area contributed by atoms with Crippen molar-refractivity contribution in [2.45, 2.75) is 32.9 Å². The molecule has 0 heterocycles. The number of urea groups is 1. The van der Waals surface area contributed by atoms with Crippen molar-refractivity contribution < 1.29 is 18.7 Å². The van der Waals surface area contributed by atoms with Crippen molar-refractivity contribution in [1.29, 1.82) is 0 Å². The van der Waals surface area contributed by atoms with E-state index in [1.165, 1.54) is 24.3 Å². The molecular formula is C15H22FN3O3. The predicted octanol–water partition coefficient (Wildman–Crippen LogP) is 1.42. The molecule has 0 aliphatic heterocycles. The summed E-state index contributed by atoms with van der Waals surface area (Å²) in [7, 11) is 0. The maximum absolute atomic E-state index is 12.7. The van der Waals surface area contributed by atoms with Crippen LogP contribution in [0.2, 0.25) is 0 Å². The predicted molar refractivity (Wildman–Crippen MR) is 81.2 cm³/mol. The van der Waals surface area contributed by atoms with Crippen molar-refractivity contribution in [1.82, 2.24) is 16.0 Å². The highest BCUT2D eigenvalue weighted by Crippen LogP contribution is 2.11. The second kappa shape index (κ2) is 8.86. The molecule has 1 rings (SSSR count). The molecule has 122 valence electrons. The second-order valence-corrected chi connectivity index (χ2v) is 4.90. The zero-order valence-electron chi connectivity index (χ0n) is 13.0. The van der Waals surface area contributed by atoms with E-state index in [1.807, 2.05) is 0 Å². The quantitative estimate of drug-likeness (QED) is 0.712. The largest absolute Gasteiger partial charge is 0.491 e. The molecule has 0 bridgehead atoms. The third-order valence-corrected chi connectivity index (χ3v) is 2.78. The smallest absolute Gasteiger partial charge is 0.315 e. The van der Waals surface area contributed by atoms with Crippen LogP contribution in [0, 0.1) is 5.82 Å².